The van der Waals surface area contributed by atoms with Gasteiger partial charge in [-0.1, -0.05) is 121 Å². The molecule has 46 heavy (non-hydrogen) atoms. The Bertz CT molecular complexity index is 1520. The first-order valence-corrected chi connectivity index (χ1v) is 18.8. The molecule has 0 spiro atoms. The molecule has 7 heteroatoms. The highest BCUT2D eigenvalue weighted by atomic mass is 31.2. The maximum atomic E-state index is 12.9. The quantitative estimate of drug-likeness (QED) is 0.0483. The third-order valence-electron chi connectivity index (χ3n) is 8.46. The van der Waals surface area contributed by atoms with Crippen molar-refractivity contribution in [3.63, 3.8) is 0 Å². The van der Waals surface area contributed by atoms with Crippen molar-refractivity contribution in [2.24, 2.45) is 0 Å². The molecule has 0 radical (unpaired) electrons. The molecule has 0 N–H and O–H groups in total. The smallest absolute Gasteiger partial charge is 0.372 e. The standard InChI is InChI=1S/C39H52NO5P/c1-3-4-5-6-7-8-9-10-11-12-13-14-15-18-30-43-38-27-20-28-39(33(38)2)45-46(41,42)44-36-25-19-22-34(31-36)32-40-29-21-24-35-23-16-17-26-37(35)40/h16-17,19-29,31H,3-15,18,30,32H2,1-2H3. The van der Waals surface area contributed by atoms with Crippen LogP contribution in [0.15, 0.2) is 85.1 Å². The SMILES string of the molecule is CCCCCCCCCCCCCCCCOc1cccc(OP(=O)([O-])Oc2cccc(C[n+]3cccc4ccccc43)c2)c1C. The predicted molar refractivity (Wildman–Crippen MR) is 186 cm³/mol. The van der Waals surface area contributed by atoms with Crippen LogP contribution < -0.4 is 23.2 Å². The Morgan fingerprint density at radius 2 is 1.28 bits per heavy atom. The molecule has 0 bridgehead atoms. The minimum atomic E-state index is -4.70. The fourth-order valence-corrected chi connectivity index (χ4v) is 6.70. The van der Waals surface area contributed by atoms with Gasteiger partial charge in [-0.2, -0.15) is 4.57 Å². The van der Waals surface area contributed by atoms with E-state index < -0.39 is 7.82 Å². The predicted octanol–water partition coefficient (Wildman–Crippen LogP) is 10.3. The summed E-state index contributed by atoms with van der Waals surface area (Å²) in [7, 11) is -4.70. The van der Waals surface area contributed by atoms with Gasteiger partial charge in [0, 0.05) is 28.6 Å². The molecule has 0 aliphatic rings. The van der Waals surface area contributed by atoms with Crippen molar-refractivity contribution in [1.82, 2.24) is 0 Å². The molecule has 0 aliphatic heterocycles. The number of para-hydroxylation sites is 1. The van der Waals surface area contributed by atoms with Crippen LogP contribution in [0.4, 0.5) is 0 Å². The lowest BCUT2D eigenvalue weighted by Gasteiger charge is -2.25. The number of ether oxygens (including phenoxy) is 1. The normalized spacial score (nSPS) is 12.6. The Morgan fingerprint density at radius 1 is 0.674 bits per heavy atom. The van der Waals surface area contributed by atoms with Crippen LogP contribution in [-0.4, -0.2) is 6.61 Å². The summed E-state index contributed by atoms with van der Waals surface area (Å²) in [6.45, 7) is 5.24. The Balaban J connectivity index is 1.17. The van der Waals surface area contributed by atoms with E-state index in [2.05, 4.69) is 29.7 Å². The van der Waals surface area contributed by atoms with Gasteiger partial charge in [0.05, 0.1) is 6.61 Å². The average molecular weight is 646 g/mol. The lowest BCUT2D eigenvalue weighted by Crippen LogP contribution is -2.34. The number of rotatable bonds is 22. The van der Waals surface area contributed by atoms with Gasteiger partial charge >= 0.3 is 7.82 Å². The average Bonchev–Trinajstić information content (AvgIpc) is 3.04. The monoisotopic (exact) mass is 645 g/mol. The molecule has 0 amide bonds. The second kappa shape index (κ2) is 19.4. The highest BCUT2D eigenvalue weighted by Gasteiger charge is 2.18. The molecule has 6 nitrogen and oxygen atoms in total. The van der Waals surface area contributed by atoms with Gasteiger partial charge in [-0.05, 0) is 49.7 Å². The molecular weight excluding hydrogens is 593 g/mol. The molecule has 1 heterocycles. The van der Waals surface area contributed by atoms with E-state index in [0.29, 0.717) is 24.5 Å². The van der Waals surface area contributed by atoms with Gasteiger partial charge in [-0.25, -0.2) is 4.57 Å². The maximum absolute atomic E-state index is 12.9. The number of unbranched alkanes of at least 4 members (excludes halogenated alkanes) is 13. The first-order valence-electron chi connectivity index (χ1n) is 17.3. The van der Waals surface area contributed by atoms with Crippen LogP contribution in [0, 0.1) is 6.92 Å². The molecule has 248 valence electrons. The Labute approximate surface area is 276 Å². The first kappa shape index (κ1) is 35.5. The molecule has 4 aromatic rings. The summed E-state index contributed by atoms with van der Waals surface area (Å²) < 4.78 is 31.8. The number of hydrogen-bond acceptors (Lipinski definition) is 5. The zero-order valence-electron chi connectivity index (χ0n) is 27.8. The minimum Gasteiger partial charge on any atom is -0.736 e. The third kappa shape index (κ3) is 12.1. The van der Waals surface area contributed by atoms with E-state index in [1.54, 1.807) is 37.3 Å². The van der Waals surface area contributed by atoms with Crippen LogP contribution in [-0.2, 0) is 11.1 Å². The van der Waals surface area contributed by atoms with Crippen molar-refractivity contribution in [3.05, 3.63) is 96.2 Å². The molecular formula is C39H52NO5P. The zero-order valence-corrected chi connectivity index (χ0v) is 28.7. The van der Waals surface area contributed by atoms with Gasteiger partial charge in [-0.3, -0.25) is 0 Å². The number of phosphoric acid groups is 1. The van der Waals surface area contributed by atoms with Crippen molar-refractivity contribution in [1.29, 1.82) is 0 Å². The summed E-state index contributed by atoms with van der Waals surface area (Å²) in [6, 6.07) is 24.5. The second-order valence-electron chi connectivity index (χ2n) is 12.3. The van der Waals surface area contributed by atoms with Gasteiger partial charge < -0.3 is 18.7 Å². The molecule has 0 aliphatic carbocycles. The number of hydrogen-bond donors (Lipinski definition) is 0. The topological polar surface area (TPSA) is 71.7 Å². The van der Waals surface area contributed by atoms with Crippen LogP contribution in [0.5, 0.6) is 17.2 Å². The van der Waals surface area contributed by atoms with Gasteiger partial charge in [-0.15, -0.1) is 0 Å². The van der Waals surface area contributed by atoms with Gasteiger partial charge in [0.15, 0.2) is 12.7 Å². The summed E-state index contributed by atoms with van der Waals surface area (Å²) in [4.78, 5) is 12.9. The number of benzene rings is 3. The van der Waals surface area contributed by atoms with Crippen molar-refractivity contribution in [2.45, 2.75) is 110 Å². The van der Waals surface area contributed by atoms with Crippen LogP contribution in [0.3, 0.4) is 0 Å². The van der Waals surface area contributed by atoms with E-state index >= 15 is 0 Å². The van der Waals surface area contributed by atoms with Crippen molar-refractivity contribution >= 4 is 18.7 Å². The van der Waals surface area contributed by atoms with E-state index in [4.69, 9.17) is 13.8 Å². The lowest BCUT2D eigenvalue weighted by atomic mass is 10.0. The molecule has 0 fully saturated rings. The third-order valence-corrected chi connectivity index (χ3v) is 9.31. The van der Waals surface area contributed by atoms with E-state index in [1.165, 1.54) is 77.0 Å². The van der Waals surface area contributed by atoms with E-state index in [9.17, 15) is 9.46 Å². The van der Waals surface area contributed by atoms with E-state index in [1.807, 2.05) is 36.5 Å². The zero-order chi connectivity index (χ0) is 32.5. The van der Waals surface area contributed by atoms with Crippen LogP contribution in [0.25, 0.3) is 10.9 Å². The largest absolute Gasteiger partial charge is 0.736 e. The van der Waals surface area contributed by atoms with E-state index in [-0.39, 0.29) is 11.5 Å². The summed E-state index contributed by atoms with van der Waals surface area (Å²) >= 11 is 0. The molecule has 0 saturated heterocycles. The van der Waals surface area contributed by atoms with Gasteiger partial charge in [0.1, 0.15) is 17.2 Å². The molecule has 1 atom stereocenters. The molecule has 4 rings (SSSR count). The summed E-state index contributed by atoms with van der Waals surface area (Å²) in [5, 5.41) is 1.14. The number of phosphoric ester groups is 1. The lowest BCUT2D eigenvalue weighted by molar-refractivity contribution is -0.662. The van der Waals surface area contributed by atoms with Crippen molar-refractivity contribution in [3.8, 4) is 17.2 Å². The fraction of sp³-hybridized carbons (Fsp3) is 0.462. The molecule has 0 saturated carbocycles. The van der Waals surface area contributed by atoms with Gasteiger partial charge in [0.2, 0.25) is 5.52 Å². The first-order chi connectivity index (χ1) is 22.4. The highest BCUT2D eigenvalue weighted by molar-refractivity contribution is 7.46. The van der Waals surface area contributed by atoms with Crippen molar-refractivity contribution < 1.29 is 27.8 Å². The van der Waals surface area contributed by atoms with Gasteiger partial charge in [0.25, 0.3) is 0 Å². The molecule has 1 unspecified atom stereocenters. The Morgan fingerprint density at radius 3 is 2.00 bits per heavy atom. The number of nitrogens with zero attached hydrogens (tertiary/aromatic N) is 1. The molecule has 3 aromatic carbocycles. The van der Waals surface area contributed by atoms with Crippen LogP contribution in [0.2, 0.25) is 0 Å². The number of fused-ring (bicyclic) bond motifs is 1. The van der Waals surface area contributed by atoms with Crippen LogP contribution >= 0.6 is 7.82 Å². The van der Waals surface area contributed by atoms with Crippen molar-refractivity contribution in [2.75, 3.05) is 6.61 Å². The maximum Gasteiger partial charge on any atom is 0.372 e. The number of aromatic nitrogens is 1. The minimum absolute atomic E-state index is 0.208. The summed E-state index contributed by atoms with van der Waals surface area (Å²) in [6.07, 6.45) is 20.3. The Hall–Kier alpha value is -3.34. The second-order valence-corrected chi connectivity index (χ2v) is 13.6. The highest BCUT2D eigenvalue weighted by Crippen LogP contribution is 2.43. The summed E-state index contributed by atoms with van der Waals surface area (Å²) in [5.41, 5.74) is 2.64. The van der Waals surface area contributed by atoms with E-state index in [0.717, 1.165) is 29.3 Å². The summed E-state index contributed by atoms with van der Waals surface area (Å²) in [5.74, 6) is 1.04. The fourth-order valence-electron chi connectivity index (χ4n) is 5.85. The van der Waals surface area contributed by atoms with Crippen LogP contribution in [0.1, 0.15) is 108 Å². The Kier molecular flexibility index (Phi) is 14.9. The molecule has 1 aromatic heterocycles. The number of pyridine rings is 1.